The van der Waals surface area contributed by atoms with Crippen LogP contribution >= 0.6 is 15.9 Å². The van der Waals surface area contributed by atoms with E-state index in [0.29, 0.717) is 5.92 Å². The minimum absolute atomic E-state index is 0.208. The molecule has 3 nitrogen and oxygen atoms in total. The number of carbonyl (C=O) groups excluding carboxylic acids is 1. The first-order valence-corrected chi connectivity index (χ1v) is 7.29. The summed E-state index contributed by atoms with van der Waals surface area (Å²) in [5.74, 6) is 0.880. The Labute approximate surface area is 117 Å². The Morgan fingerprint density at radius 2 is 2.28 bits per heavy atom. The predicted octanol–water partition coefficient (Wildman–Crippen LogP) is 3.04. The zero-order valence-corrected chi connectivity index (χ0v) is 12.3. The number of likely N-dealkylation sites (tertiary alicyclic amines) is 1. The van der Waals surface area contributed by atoms with Crippen molar-refractivity contribution in [2.45, 2.75) is 32.6 Å². The van der Waals surface area contributed by atoms with Crippen LogP contribution in [0.15, 0.2) is 22.9 Å². The molecule has 18 heavy (non-hydrogen) atoms. The summed E-state index contributed by atoms with van der Waals surface area (Å²) in [4.78, 5) is 17.5. The van der Waals surface area contributed by atoms with Gasteiger partial charge in [0.05, 0.1) is 0 Å². The molecule has 98 valence electrons. The number of rotatable bonds is 2. The maximum atomic E-state index is 11.4. The van der Waals surface area contributed by atoms with E-state index in [1.807, 2.05) is 17.3 Å². The second-order valence-corrected chi connectivity index (χ2v) is 5.93. The highest BCUT2D eigenvalue weighted by atomic mass is 79.9. The van der Waals surface area contributed by atoms with Crippen LogP contribution < -0.4 is 0 Å². The zero-order chi connectivity index (χ0) is 13.0. The van der Waals surface area contributed by atoms with Crippen molar-refractivity contribution >= 4 is 21.8 Å². The van der Waals surface area contributed by atoms with Gasteiger partial charge in [0, 0.05) is 36.9 Å². The van der Waals surface area contributed by atoms with Crippen molar-refractivity contribution in [1.29, 1.82) is 0 Å². The molecule has 0 aromatic carbocycles. The third-order valence-electron chi connectivity index (χ3n) is 3.58. The second-order valence-electron chi connectivity index (χ2n) is 5.02. The number of amides is 1. The van der Waals surface area contributed by atoms with Crippen LogP contribution in [0.3, 0.4) is 0 Å². The fourth-order valence-corrected chi connectivity index (χ4v) is 3.00. The van der Waals surface area contributed by atoms with E-state index >= 15 is 0 Å². The maximum absolute atomic E-state index is 11.4. The largest absolute Gasteiger partial charge is 0.343 e. The molecule has 1 aromatic rings. The molecule has 4 heteroatoms. The number of halogens is 1. The summed E-state index contributed by atoms with van der Waals surface area (Å²) in [6.07, 6.45) is 8.25. The third-order valence-corrected chi connectivity index (χ3v) is 4.01. The average molecular weight is 311 g/mol. The predicted molar refractivity (Wildman–Crippen MR) is 75.2 cm³/mol. The zero-order valence-electron chi connectivity index (χ0n) is 10.7. The Kier molecular flexibility index (Phi) is 4.75. The monoisotopic (exact) mass is 310 g/mol. The molecule has 1 fully saturated rings. The molecule has 0 bridgehead atoms. The smallest absolute Gasteiger partial charge is 0.219 e. The third kappa shape index (κ3) is 3.80. The first-order chi connectivity index (χ1) is 8.65. The molecule has 1 aromatic heterocycles. The summed E-state index contributed by atoms with van der Waals surface area (Å²) in [7, 11) is 0. The molecule has 0 aliphatic carbocycles. The highest BCUT2D eigenvalue weighted by molar-refractivity contribution is 9.10. The Balaban J connectivity index is 1.92. The lowest BCUT2D eigenvalue weighted by atomic mass is 9.93. The maximum Gasteiger partial charge on any atom is 0.219 e. The van der Waals surface area contributed by atoms with Crippen LogP contribution in [0.2, 0.25) is 0 Å². The van der Waals surface area contributed by atoms with E-state index in [1.54, 1.807) is 6.92 Å². The molecule has 1 amide bonds. The van der Waals surface area contributed by atoms with E-state index in [2.05, 4.69) is 27.0 Å². The molecule has 1 atom stereocenters. The number of hydrogen-bond acceptors (Lipinski definition) is 2. The van der Waals surface area contributed by atoms with Gasteiger partial charge in [-0.2, -0.15) is 0 Å². The molecule has 0 N–H and O–H groups in total. The minimum atomic E-state index is 0.208. The van der Waals surface area contributed by atoms with Crippen LogP contribution in [0.4, 0.5) is 0 Å². The van der Waals surface area contributed by atoms with E-state index < -0.39 is 0 Å². The molecule has 1 aliphatic rings. The summed E-state index contributed by atoms with van der Waals surface area (Å²) in [5.41, 5.74) is 1.28. The van der Waals surface area contributed by atoms with Gasteiger partial charge in [-0.3, -0.25) is 9.78 Å². The Morgan fingerprint density at radius 1 is 1.44 bits per heavy atom. The van der Waals surface area contributed by atoms with Crippen molar-refractivity contribution in [2.24, 2.45) is 5.92 Å². The molecule has 2 heterocycles. The van der Waals surface area contributed by atoms with Gasteiger partial charge in [-0.15, -0.1) is 0 Å². The van der Waals surface area contributed by atoms with Gasteiger partial charge in [0.15, 0.2) is 0 Å². The fraction of sp³-hybridized carbons (Fsp3) is 0.571. The number of nitrogens with zero attached hydrogens (tertiary/aromatic N) is 2. The Morgan fingerprint density at radius 3 is 3.00 bits per heavy atom. The standard InChI is InChI=1S/C14H19BrN2O/c1-11(18)17-5-2-3-12(4-6-17)7-13-8-14(15)10-16-9-13/h8-10,12H,2-7H2,1H3/t12-/m0/s1. The topological polar surface area (TPSA) is 33.2 Å². The van der Waals surface area contributed by atoms with Crippen molar-refractivity contribution in [1.82, 2.24) is 9.88 Å². The van der Waals surface area contributed by atoms with Crippen molar-refractivity contribution in [3.05, 3.63) is 28.5 Å². The highest BCUT2D eigenvalue weighted by Crippen LogP contribution is 2.22. The van der Waals surface area contributed by atoms with E-state index in [-0.39, 0.29) is 5.91 Å². The van der Waals surface area contributed by atoms with Crippen LogP contribution in [0, 0.1) is 5.92 Å². The molecule has 1 saturated heterocycles. The number of carbonyl (C=O) groups is 1. The SMILES string of the molecule is CC(=O)N1CCC[C@H](Cc2cncc(Br)c2)CC1. The molecular weight excluding hydrogens is 292 g/mol. The Bertz CT molecular complexity index is 422. The summed E-state index contributed by atoms with van der Waals surface area (Å²) in [6, 6.07) is 2.14. The van der Waals surface area contributed by atoms with Crippen molar-refractivity contribution in [2.75, 3.05) is 13.1 Å². The first kappa shape index (κ1) is 13.5. The molecule has 0 radical (unpaired) electrons. The number of hydrogen-bond donors (Lipinski definition) is 0. The van der Waals surface area contributed by atoms with Gasteiger partial charge < -0.3 is 4.90 Å². The van der Waals surface area contributed by atoms with Gasteiger partial charge in [0.2, 0.25) is 5.91 Å². The number of aromatic nitrogens is 1. The molecule has 2 rings (SSSR count). The molecule has 0 saturated carbocycles. The highest BCUT2D eigenvalue weighted by Gasteiger charge is 2.18. The van der Waals surface area contributed by atoms with Crippen molar-refractivity contribution < 1.29 is 4.79 Å². The molecule has 0 spiro atoms. The van der Waals surface area contributed by atoms with Crippen LogP contribution in [0.25, 0.3) is 0 Å². The van der Waals surface area contributed by atoms with Crippen molar-refractivity contribution in [3.8, 4) is 0 Å². The van der Waals surface area contributed by atoms with Gasteiger partial charge in [-0.1, -0.05) is 0 Å². The lowest BCUT2D eigenvalue weighted by Gasteiger charge is -2.18. The number of pyridine rings is 1. The van der Waals surface area contributed by atoms with Gasteiger partial charge >= 0.3 is 0 Å². The van der Waals surface area contributed by atoms with E-state index in [9.17, 15) is 4.79 Å². The van der Waals surface area contributed by atoms with E-state index in [1.165, 1.54) is 12.0 Å². The minimum Gasteiger partial charge on any atom is -0.343 e. The molecule has 0 unspecified atom stereocenters. The normalized spacial score (nSPS) is 20.6. The lowest BCUT2D eigenvalue weighted by Crippen LogP contribution is -2.29. The van der Waals surface area contributed by atoms with Gasteiger partial charge in [0.25, 0.3) is 0 Å². The van der Waals surface area contributed by atoms with Gasteiger partial charge in [-0.25, -0.2) is 0 Å². The van der Waals surface area contributed by atoms with Crippen LogP contribution in [0.5, 0.6) is 0 Å². The average Bonchev–Trinajstić information content (AvgIpc) is 2.55. The quantitative estimate of drug-likeness (QED) is 0.841. The van der Waals surface area contributed by atoms with Crippen LogP contribution in [-0.4, -0.2) is 28.9 Å². The first-order valence-electron chi connectivity index (χ1n) is 6.50. The fourth-order valence-electron chi connectivity index (χ4n) is 2.59. The summed E-state index contributed by atoms with van der Waals surface area (Å²) in [5, 5.41) is 0. The summed E-state index contributed by atoms with van der Waals surface area (Å²) in [6.45, 7) is 3.49. The van der Waals surface area contributed by atoms with E-state index in [0.717, 1.165) is 36.8 Å². The van der Waals surface area contributed by atoms with Gasteiger partial charge in [0.1, 0.15) is 0 Å². The molecular formula is C14H19BrN2O. The van der Waals surface area contributed by atoms with E-state index in [4.69, 9.17) is 0 Å². The van der Waals surface area contributed by atoms with Crippen LogP contribution in [0.1, 0.15) is 31.7 Å². The molecule has 1 aliphatic heterocycles. The summed E-state index contributed by atoms with van der Waals surface area (Å²) < 4.78 is 1.04. The van der Waals surface area contributed by atoms with Crippen molar-refractivity contribution in [3.63, 3.8) is 0 Å². The second kappa shape index (κ2) is 6.32. The summed E-state index contributed by atoms with van der Waals surface area (Å²) >= 11 is 3.46. The Hall–Kier alpha value is -0.900. The van der Waals surface area contributed by atoms with Crippen LogP contribution in [-0.2, 0) is 11.2 Å². The van der Waals surface area contributed by atoms with Gasteiger partial charge in [-0.05, 0) is 59.2 Å². The lowest BCUT2D eigenvalue weighted by molar-refractivity contribution is -0.128.